The molecular weight excluding hydrogens is 358 g/mol. The fourth-order valence-electron chi connectivity index (χ4n) is 1.48. The molecule has 1 fully saturated rings. The van der Waals surface area contributed by atoms with E-state index in [-0.39, 0.29) is 15.5 Å². The van der Waals surface area contributed by atoms with Crippen molar-refractivity contribution in [2.24, 2.45) is 11.1 Å². The number of ether oxygens (including phenoxy) is 1. The molecule has 1 aliphatic rings. The first kappa shape index (κ1) is 14.8. The summed E-state index contributed by atoms with van der Waals surface area (Å²) in [7, 11) is -4.00. The van der Waals surface area contributed by atoms with E-state index in [1.807, 2.05) is 0 Å². The van der Waals surface area contributed by atoms with Gasteiger partial charge >= 0.3 is 5.97 Å². The fourth-order valence-corrected chi connectivity index (χ4v) is 3.24. The Kier molecular flexibility index (Phi) is 4.20. The van der Waals surface area contributed by atoms with Crippen molar-refractivity contribution in [3.8, 4) is 0 Å². The number of carbonyl (C=O) groups is 1. The standard InChI is InChI=1S/C11H11BrClNO4S/c12-7-3-8(11(15)18-5-6-1-2-6)10(13)9(4-7)19(14,16)17/h3-4,6H,1-2,5H2,(H2,14,16,17). The number of primary sulfonamides is 1. The average molecular weight is 369 g/mol. The molecule has 0 aliphatic heterocycles. The van der Waals surface area contributed by atoms with Gasteiger partial charge in [0.25, 0.3) is 0 Å². The van der Waals surface area contributed by atoms with Crippen LogP contribution in [0.15, 0.2) is 21.5 Å². The lowest BCUT2D eigenvalue weighted by Crippen LogP contribution is -2.15. The molecule has 5 nitrogen and oxygen atoms in total. The molecule has 1 aromatic rings. The van der Waals surface area contributed by atoms with E-state index in [4.69, 9.17) is 21.5 Å². The molecule has 0 atom stereocenters. The number of halogens is 2. The van der Waals surface area contributed by atoms with Gasteiger partial charge in [0.2, 0.25) is 10.0 Å². The predicted molar refractivity (Wildman–Crippen MR) is 73.5 cm³/mol. The van der Waals surface area contributed by atoms with Gasteiger partial charge in [-0.1, -0.05) is 27.5 Å². The average Bonchev–Trinajstić information content (AvgIpc) is 3.11. The summed E-state index contributed by atoms with van der Waals surface area (Å²) >= 11 is 9.02. The summed E-state index contributed by atoms with van der Waals surface area (Å²) in [5.41, 5.74) is -0.0132. The molecule has 0 saturated heterocycles. The van der Waals surface area contributed by atoms with Gasteiger partial charge in [-0.25, -0.2) is 18.4 Å². The van der Waals surface area contributed by atoms with Crippen LogP contribution in [0.2, 0.25) is 5.02 Å². The van der Waals surface area contributed by atoms with Crippen molar-refractivity contribution in [3.63, 3.8) is 0 Å². The van der Waals surface area contributed by atoms with Gasteiger partial charge < -0.3 is 4.74 Å². The number of hydrogen-bond acceptors (Lipinski definition) is 4. The Bertz CT molecular complexity index is 628. The van der Waals surface area contributed by atoms with Crippen molar-refractivity contribution >= 4 is 43.5 Å². The van der Waals surface area contributed by atoms with Crippen LogP contribution in [0, 0.1) is 5.92 Å². The Labute approximate surface area is 124 Å². The molecule has 0 aromatic heterocycles. The van der Waals surface area contributed by atoms with Crippen molar-refractivity contribution in [2.45, 2.75) is 17.7 Å². The molecule has 104 valence electrons. The third kappa shape index (κ3) is 3.68. The maximum atomic E-state index is 11.9. The molecule has 2 rings (SSSR count). The highest BCUT2D eigenvalue weighted by Crippen LogP contribution is 2.31. The van der Waals surface area contributed by atoms with Gasteiger partial charge in [-0.15, -0.1) is 0 Å². The van der Waals surface area contributed by atoms with E-state index in [0.717, 1.165) is 12.8 Å². The Morgan fingerprint density at radius 3 is 2.63 bits per heavy atom. The third-order valence-corrected chi connectivity index (χ3v) is 4.59. The number of nitrogens with two attached hydrogens (primary N) is 1. The van der Waals surface area contributed by atoms with Gasteiger partial charge in [-0.05, 0) is 30.9 Å². The van der Waals surface area contributed by atoms with Crippen LogP contribution in [0.1, 0.15) is 23.2 Å². The SMILES string of the molecule is NS(=O)(=O)c1cc(Br)cc(C(=O)OCC2CC2)c1Cl. The Morgan fingerprint density at radius 1 is 1.47 bits per heavy atom. The van der Waals surface area contributed by atoms with E-state index in [2.05, 4.69) is 15.9 Å². The van der Waals surface area contributed by atoms with Crippen LogP contribution in [-0.2, 0) is 14.8 Å². The lowest BCUT2D eigenvalue weighted by Gasteiger charge is -2.09. The first-order valence-electron chi connectivity index (χ1n) is 5.48. The molecule has 1 aromatic carbocycles. The van der Waals surface area contributed by atoms with Gasteiger partial charge in [0, 0.05) is 4.47 Å². The summed E-state index contributed by atoms with van der Waals surface area (Å²) in [5.74, 6) is -0.240. The van der Waals surface area contributed by atoms with E-state index in [9.17, 15) is 13.2 Å². The second-order valence-electron chi connectivity index (χ2n) is 4.35. The van der Waals surface area contributed by atoms with Crippen LogP contribution in [0.5, 0.6) is 0 Å². The number of carbonyl (C=O) groups excluding carboxylic acids is 1. The van der Waals surface area contributed by atoms with E-state index >= 15 is 0 Å². The zero-order valence-electron chi connectivity index (χ0n) is 9.73. The second kappa shape index (κ2) is 5.40. The summed E-state index contributed by atoms with van der Waals surface area (Å²) in [6.07, 6.45) is 2.09. The summed E-state index contributed by atoms with van der Waals surface area (Å²) in [6.45, 7) is 0.326. The van der Waals surface area contributed by atoms with Crippen LogP contribution < -0.4 is 5.14 Å². The van der Waals surface area contributed by atoms with E-state index in [1.165, 1.54) is 12.1 Å². The molecule has 8 heteroatoms. The molecule has 0 bridgehead atoms. The maximum absolute atomic E-state index is 11.9. The van der Waals surface area contributed by atoms with Crippen molar-refractivity contribution in [2.75, 3.05) is 6.61 Å². The molecule has 0 amide bonds. The molecule has 1 aliphatic carbocycles. The number of esters is 1. The summed E-state index contributed by atoms with van der Waals surface area (Å²) in [5, 5.41) is 4.83. The van der Waals surface area contributed by atoms with Gasteiger partial charge in [-0.2, -0.15) is 0 Å². The molecular formula is C11H11BrClNO4S. The third-order valence-electron chi connectivity index (χ3n) is 2.68. The zero-order valence-corrected chi connectivity index (χ0v) is 12.9. The van der Waals surface area contributed by atoms with Crippen molar-refractivity contribution in [3.05, 3.63) is 27.2 Å². The maximum Gasteiger partial charge on any atom is 0.339 e. The van der Waals surface area contributed by atoms with Crippen LogP contribution in [0.4, 0.5) is 0 Å². The Balaban J connectivity index is 2.33. The lowest BCUT2D eigenvalue weighted by atomic mass is 10.2. The zero-order chi connectivity index (χ0) is 14.2. The monoisotopic (exact) mass is 367 g/mol. The van der Waals surface area contributed by atoms with Gasteiger partial charge in [0.15, 0.2) is 0 Å². The molecule has 19 heavy (non-hydrogen) atoms. The Hall–Kier alpha value is -0.630. The van der Waals surface area contributed by atoms with Crippen molar-refractivity contribution in [1.82, 2.24) is 0 Å². The Morgan fingerprint density at radius 2 is 2.11 bits per heavy atom. The predicted octanol–water partition coefficient (Wildman–Crippen LogP) is 2.32. The smallest absolute Gasteiger partial charge is 0.339 e. The highest BCUT2D eigenvalue weighted by molar-refractivity contribution is 9.10. The minimum absolute atomic E-state index is 0.0132. The molecule has 2 N–H and O–H groups in total. The quantitative estimate of drug-likeness (QED) is 0.826. The van der Waals surface area contributed by atoms with Crippen LogP contribution in [0.25, 0.3) is 0 Å². The van der Waals surface area contributed by atoms with Crippen molar-refractivity contribution in [1.29, 1.82) is 0 Å². The topological polar surface area (TPSA) is 86.5 Å². The molecule has 0 heterocycles. The van der Waals surface area contributed by atoms with Crippen LogP contribution in [-0.4, -0.2) is 21.0 Å². The first-order valence-corrected chi connectivity index (χ1v) is 8.19. The van der Waals surface area contributed by atoms with Gasteiger partial charge in [0.05, 0.1) is 17.2 Å². The minimum atomic E-state index is -4.00. The lowest BCUT2D eigenvalue weighted by molar-refractivity contribution is 0.0486. The first-order chi connectivity index (χ1) is 8.79. The minimum Gasteiger partial charge on any atom is -0.462 e. The molecule has 0 unspecified atom stereocenters. The number of rotatable bonds is 4. The normalized spacial score (nSPS) is 15.3. The van der Waals surface area contributed by atoms with Crippen molar-refractivity contribution < 1.29 is 17.9 Å². The van der Waals surface area contributed by atoms with Crippen LogP contribution in [0.3, 0.4) is 0 Å². The van der Waals surface area contributed by atoms with E-state index in [0.29, 0.717) is 17.0 Å². The van der Waals surface area contributed by atoms with Gasteiger partial charge in [0.1, 0.15) is 4.90 Å². The molecule has 1 saturated carbocycles. The second-order valence-corrected chi connectivity index (χ2v) is 7.18. The number of sulfonamides is 1. The summed E-state index contributed by atoms with van der Waals surface area (Å²) in [4.78, 5) is 11.6. The largest absolute Gasteiger partial charge is 0.462 e. The fraction of sp³-hybridized carbons (Fsp3) is 0.364. The van der Waals surface area contributed by atoms with Gasteiger partial charge in [-0.3, -0.25) is 0 Å². The highest BCUT2D eigenvalue weighted by Gasteiger charge is 2.26. The summed E-state index contributed by atoms with van der Waals surface area (Å²) < 4.78 is 28.2. The number of hydrogen-bond donors (Lipinski definition) is 1. The summed E-state index contributed by atoms with van der Waals surface area (Å²) in [6, 6.07) is 2.65. The van der Waals surface area contributed by atoms with E-state index < -0.39 is 16.0 Å². The molecule has 0 radical (unpaired) electrons. The molecule has 0 spiro atoms. The van der Waals surface area contributed by atoms with E-state index in [1.54, 1.807) is 0 Å². The number of benzene rings is 1. The van der Waals surface area contributed by atoms with Crippen LogP contribution >= 0.6 is 27.5 Å². The highest BCUT2D eigenvalue weighted by atomic mass is 79.9.